The summed E-state index contributed by atoms with van der Waals surface area (Å²) in [5.74, 6) is -0.788. The Morgan fingerprint density at radius 1 is 0.935 bits per heavy atom. The number of nitrogens with two attached hydrogens (primary N) is 1. The second kappa shape index (κ2) is 9.01. The maximum absolute atomic E-state index is 13.9. The van der Waals surface area contributed by atoms with E-state index in [-0.39, 0.29) is 23.8 Å². The molecule has 0 aliphatic heterocycles. The lowest BCUT2D eigenvalue weighted by Crippen LogP contribution is -2.34. The number of ether oxygens (including phenoxy) is 2. The highest BCUT2D eigenvalue weighted by Gasteiger charge is 2.37. The van der Waals surface area contributed by atoms with Crippen molar-refractivity contribution < 1.29 is 45.3 Å². The van der Waals surface area contributed by atoms with Crippen LogP contribution in [0.2, 0.25) is 0 Å². The Labute approximate surface area is 173 Å². The first-order valence-electron chi connectivity index (χ1n) is 8.85. The van der Waals surface area contributed by atoms with Crippen LogP contribution in [0.25, 0.3) is 0 Å². The molecule has 172 valence electrons. The smallest absolute Gasteiger partial charge is 0.416 e. The van der Waals surface area contributed by atoms with Crippen LogP contribution >= 0.6 is 0 Å². The molecule has 0 bridgehead atoms. The minimum absolute atomic E-state index is 0.00639. The zero-order valence-electron chi connectivity index (χ0n) is 16.4. The Morgan fingerprint density at radius 3 is 1.94 bits per heavy atom. The van der Waals surface area contributed by atoms with Crippen molar-refractivity contribution in [2.45, 2.75) is 44.1 Å². The fourth-order valence-corrected chi connectivity index (χ4v) is 2.88. The van der Waals surface area contributed by atoms with Crippen LogP contribution in [0.15, 0.2) is 36.4 Å². The summed E-state index contributed by atoms with van der Waals surface area (Å²) in [5, 5.41) is 10.6. The van der Waals surface area contributed by atoms with Gasteiger partial charge >= 0.3 is 12.4 Å². The Balaban J connectivity index is 2.14. The maximum Gasteiger partial charge on any atom is 0.416 e. The lowest BCUT2D eigenvalue weighted by molar-refractivity contribution is -0.143. The Hall–Kier alpha value is -2.37. The Kier molecular flexibility index (Phi) is 7.24. The summed E-state index contributed by atoms with van der Waals surface area (Å²) >= 11 is 0. The molecule has 4 nitrogen and oxygen atoms in total. The summed E-state index contributed by atoms with van der Waals surface area (Å²) in [5.41, 5.74) is 0.824. The van der Waals surface area contributed by atoms with E-state index in [1.165, 1.54) is 26.2 Å². The van der Waals surface area contributed by atoms with Gasteiger partial charge in [-0.05, 0) is 48.4 Å². The average Bonchev–Trinajstić information content (AvgIpc) is 2.64. The van der Waals surface area contributed by atoms with E-state index in [2.05, 4.69) is 0 Å². The topological polar surface area (TPSA) is 64.7 Å². The largest absolute Gasteiger partial charge is 0.494 e. The summed E-state index contributed by atoms with van der Waals surface area (Å²) in [6.45, 7) is 0.644. The van der Waals surface area contributed by atoms with Crippen LogP contribution in [0.3, 0.4) is 0 Å². The number of methoxy groups -OCH3 is 1. The van der Waals surface area contributed by atoms with Gasteiger partial charge in [-0.2, -0.15) is 26.3 Å². The molecule has 0 saturated heterocycles. The molecule has 31 heavy (non-hydrogen) atoms. The molecule has 0 aliphatic rings. The Morgan fingerprint density at radius 2 is 1.48 bits per heavy atom. The van der Waals surface area contributed by atoms with Crippen molar-refractivity contribution in [2.75, 3.05) is 7.11 Å². The van der Waals surface area contributed by atoms with Gasteiger partial charge in [-0.3, -0.25) is 0 Å². The number of hydrogen-bond donors (Lipinski definition) is 2. The molecule has 3 N–H and O–H groups in total. The zero-order chi connectivity index (χ0) is 23.6. The van der Waals surface area contributed by atoms with E-state index in [1.807, 2.05) is 0 Å². The highest BCUT2D eigenvalue weighted by Crippen LogP contribution is 2.36. The standard InChI is InChI=1S/C20H20F7NO3/c1-18(29,12-3-4-16(30-2)15(21)8-12)9-17(28)31-10-11-5-13(19(22,23)24)7-14(6-11)20(25,26)27/h3-8,17,29H,9-10,28H2,1-2H3. The molecule has 2 aromatic carbocycles. The molecule has 0 spiro atoms. The molecule has 0 radical (unpaired) electrons. The fraction of sp³-hybridized carbons (Fsp3) is 0.400. The zero-order valence-corrected chi connectivity index (χ0v) is 16.4. The van der Waals surface area contributed by atoms with Crippen LogP contribution in [0.4, 0.5) is 30.7 Å². The maximum atomic E-state index is 13.9. The first kappa shape index (κ1) is 24.9. The number of benzene rings is 2. The number of alkyl halides is 6. The van der Waals surface area contributed by atoms with Gasteiger partial charge in [0.15, 0.2) is 11.6 Å². The SMILES string of the molecule is COc1ccc(C(C)(O)CC(N)OCc2cc(C(F)(F)F)cc(C(F)(F)F)c2)cc1F. The van der Waals surface area contributed by atoms with Gasteiger partial charge in [0.2, 0.25) is 0 Å². The average molecular weight is 455 g/mol. The molecular formula is C20H20F7NO3. The molecule has 2 rings (SSSR count). The van der Waals surface area contributed by atoms with Crippen molar-refractivity contribution in [3.8, 4) is 5.75 Å². The van der Waals surface area contributed by atoms with Crippen molar-refractivity contribution >= 4 is 0 Å². The van der Waals surface area contributed by atoms with Crippen molar-refractivity contribution in [3.63, 3.8) is 0 Å². The predicted octanol–water partition coefficient (Wildman–Crippen LogP) is 4.97. The molecule has 0 aromatic heterocycles. The lowest BCUT2D eigenvalue weighted by Gasteiger charge is -2.27. The van der Waals surface area contributed by atoms with Crippen LogP contribution in [-0.2, 0) is 29.3 Å². The van der Waals surface area contributed by atoms with E-state index >= 15 is 0 Å². The van der Waals surface area contributed by atoms with E-state index < -0.39 is 53.3 Å². The van der Waals surface area contributed by atoms with E-state index in [4.69, 9.17) is 15.2 Å². The molecule has 11 heteroatoms. The normalized spacial score (nSPS) is 15.5. The van der Waals surface area contributed by atoms with Gasteiger partial charge in [0, 0.05) is 6.42 Å². The summed E-state index contributed by atoms with van der Waals surface area (Å²) in [7, 11) is 1.26. The first-order chi connectivity index (χ1) is 14.1. The summed E-state index contributed by atoms with van der Waals surface area (Å²) in [6.07, 6.45) is -11.6. The quantitative estimate of drug-likeness (QED) is 0.457. The third kappa shape index (κ3) is 6.55. The van der Waals surface area contributed by atoms with Gasteiger partial charge in [0.25, 0.3) is 0 Å². The van der Waals surface area contributed by atoms with Crippen LogP contribution in [0, 0.1) is 5.82 Å². The van der Waals surface area contributed by atoms with Gasteiger partial charge in [0.05, 0.1) is 30.4 Å². The summed E-state index contributed by atoms with van der Waals surface area (Å²) < 4.78 is 101. The molecule has 2 atom stereocenters. The molecule has 0 amide bonds. The molecule has 2 aromatic rings. The third-order valence-corrected chi connectivity index (χ3v) is 4.48. The van der Waals surface area contributed by atoms with Gasteiger partial charge < -0.3 is 20.3 Å². The highest BCUT2D eigenvalue weighted by atomic mass is 19.4. The van der Waals surface area contributed by atoms with Crippen LogP contribution in [0.1, 0.15) is 35.6 Å². The predicted molar refractivity (Wildman–Crippen MR) is 96.4 cm³/mol. The van der Waals surface area contributed by atoms with Crippen molar-refractivity contribution in [1.82, 2.24) is 0 Å². The molecule has 0 saturated carbocycles. The van der Waals surface area contributed by atoms with Crippen LogP contribution in [0.5, 0.6) is 5.75 Å². The van der Waals surface area contributed by atoms with Gasteiger partial charge in [-0.25, -0.2) is 4.39 Å². The monoisotopic (exact) mass is 455 g/mol. The number of halogens is 7. The molecular weight excluding hydrogens is 435 g/mol. The van der Waals surface area contributed by atoms with E-state index in [1.54, 1.807) is 0 Å². The Bertz CT molecular complexity index is 878. The van der Waals surface area contributed by atoms with Crippen molar-refractivity contribution in [3.05, 3.63) is 64.5 Å². The summed E-state index contributed by atoms with van der Waals surface area (Å²) in [6, 6.07) is 4.75. The molecule has 2 unspecified atom stereocenters. The van der Waals surface area contributed by atoms with Crippen LogP contribution in [-0.4, -0.2) is 18.4 Å². The van der Waals surface area contributed by atoms with E-state index in [0.29, 0.717) is 12.1 Å². The lowest BCUT2D eigenvalue weighted by atomic mass is 9.91. The second-order valence-corrected chi connectivity index (χ2v) is 7.09. The number of rotatable bonds is 7. The van der Waals surface area contributed by atoms with Crippen molar-refractivity contribution in [1.29, 1.82) is 0 Å². The minimum atomic E-state index is -4.99. The number of aliphatic hydroxyl groups is 1. The van der Waals surface area contributed by atoms with Gasteiger partial charge in [-0.15, -0.1) is 0 Å². The number of hydrogen-bond acceptors (Lipinski definition) is 4. The second-order valence-electron chi connectivity index (χ2n) is 7.09. The minimum Gasteiger partial charge on any atom is -0.494 e. The summed E-state index contributed by atoms with van der Waals surface area (Å²) in [4.78, 5) is 0. The molecule has 0 heterocycles. The van der Waals surface area contributed by atoms with Gasteiger partial charge in [0.1, 0.15) is 6.23 Å². The van der Waals surface area contributed by atoms with Crippen molar-refractivity contribution in [2.24, 2.45) is 5.73 Å². The first-order valence-corrected chi connectivity index (χ1v) is 8.85. The highest BCUT2D eigenvalue weighted by molar-refractivity contribution is 5.34. The van der Waals surface area contributed by atoms with E-state index in [0.717, 1.165) is 6.07 Å². The van der Waals surface area contributed by atoms with Gasteiger partial charge in [-0.1, -0.05) is 6.07 Å². The van der Waals surface area contributed by atoms with Crippen LogP contribution < -0.4 is 10.5 Å². The molecule has 0 fully saturated rings. The third-order valence-electron chi connectivity index (χ3n) is 4.48. The van der Waals surface area contributed by atoms with E-state index in [9.17, 15) is 35.8 Å². The molecule has 0 aliphatic carbocycles. The fourth-order valence-electron chi connectivity index (χ4n) is 2.88.